The maximum Gasteiger partial charge on any atom is 0.335 e. The van der Waals surface area contributed by atoms with Crippen LogP contribution in [0.1, 0.15) is 17.3 Å². The van der Waals surface area contributed by atoms with E-state index >= 15 is 0 Å². The number of ether oxygens (including phenoxy) is 1. The minimum Gasteiger partial charge on any atom is -0.478 e. The molecule has 0 aromatic heterocycles. The molecule has 0 aliphatic carbocycles. The summed E-state index contributed by atoms with van der Waals surface area (Å²) in [5.74, 6) is -0.305. The van der Waals surface area contributed by atoms with Gasteiger partial charge in [-0.1, -0.05) is 6.08 Å². The second-order valence-corrected chi connectivity index (χ2v) is 2.42. The first-order valence-electron chi connectivity index (χ1n) is 3.85. The van der Waals surface area contributed by atoms with Gasteiger partial charge in [-0.2, -0.15) is 0 Å². The first-order valence-corrected chi connectivity index (χ1v) is 3.85. The van der Waals surface area contributed by atoms with Crippen LogP contribution < -0.4 is 4.74 Å². The number of hydrogen-bond acceptors (Lipinski definition) is 2. The third-order valence-electron chi connectivity index (χ3n) is 1.44. The van der Waals surface area contributed by atoms with Crippen molar-refractivity contribution in [2.75, 3.05) is 0 Å². The second-order valence-electron chi connectivity index (χ2n) is 2.42. The Bertz CT molecular complexity index is 311. The zero-order valence-corrected chi connectivity index (χ0v) is 7.23. The van der Waals surface area contributed by atoms with Crippen LogP contribution in [0.4, 0.5) is 0 Å². The Balaban J connectivity index is 2.75. The Kier molecular flexibility index (Phi) is 3.09. The number of hydrogen-bond donors (Lipinski definition) is 1. The Labute approximate surface area is 76.3 Å². The fraction of sp³-hybridized carbons (Fsp3) is 0.100. The Morgan fingerprint density at radius 1 is 1.38 bits per heavy atom. The number of allylic oxidation sites excluding steroid dienone is 1. The van der Waals surface area contributed by atoms with Gasteiger partial charge in [0.1, 0.15) is 5.75 Å². The highest BCUT2D eigenvalue weighted by Crippen LogP contribution is 2.12. The van der Waals surface area contributed by atoms with Gasteiger partial charge in [-0.15, -0.1) is 0 Å². The van der Waals surface area contributed by atoms with Crippen LogP contribution in [0.2, 0.25) is 0 Å². The van der Waals surface area contributed by atoms with E-state index in [9.17, 15) is 4.79 Å². The second kappa shape index (κ2) is 4.30. The van der Waals surface area contributed by atoms with Gasteiger partial charge in [0.2, 0.25) is 0 Å². The van der Waals surface area contributed by atoms with Crippen molar-refractivity contribution in [3.05, 3.63) is 42.2 Å². The van der Waals surface area contributed by atoms with Crippen molar-refractivity contribution in [2.45, 2.75) is 6.92 Å². The van der Waals surface area contributed by atoms with Crippen molar-refractivity contribution < 1.29 is 14.6 Å². The predicted octanol–water partition coefficient (Wildman–Crippen LogP) is 2.30. The monoisotopic (exact) mass is 178 g/mol. The fourth-order valence-corrected chi connectivity index (χ4v) is 0.823. The summed E-state index contributed by atoms with van der Waals surface area (Å²) in [4.78, 5) is 10.5. The molecular weight excluding hydrogens is 168 g/mol. The quantitative estimate of drug-likeness (QED) is 0.722. The van der Waals surface area contributed by atoms with Gasteiger partial charge >= 0.3 is 5.97 Å². The van der Waals surface area contributed by atoms with Crippen molar-refractivity contribution in [3.63, 3.8) is 0 Å². The SMILES string of the molecule is CC=COc1ccc(C(=O)O)cc1. The maximum absolute atomic E-state index is 10.5. The molecule has 0 atom stereocenters. The molecule has 3 nitrogen and oxygen atoms in total. The average Bonchev–Trinajstić information content (AvgIpc) is 2.15. The fourth-order valence-electron chi connectivity index (χ4n) is 0.823. The zero-order valence-electron chi connectivity index (χ0n) is 7.23. The lowest BCUT2D eigenvalue weighted by atomic mass is 10.2. The van der Waals surface area contributed by atoms with E-state index in [0.717, 1.165) is 0 Å². The van der Waals surface area contributed by atoms with E-state index in [4.69, 9.17) is 9.84 Å². The molecule has 0 fully saturated rings. The topological polar surface area (TPSA) is 46.5 Å². The molecule has 1 rings (SSSR count). The molecule has 0 amide bonds. The molecule has 13 heavy (non-hydrogen) atoms. The standard InChI is InChI=1S/C10H10O3/c1-2-7-13-9-5-3-8(4-6-9)10(11)12/h2-7H,1H3,(H,11,12). The highest BCUT2D eigenvalue weighted by molar-refractivity contribution is 5.87. The van der Waals surface area contributed by atoms with Gasteiger partial charge in [-0.3, -0.25) is 0 Å². The molecule has 68 valence electrons. The zero-order chi connectivity index (χ0) is 9.68. The highest BCUT2D eigenvalue weighted by Gasteiger charge is 2.00. The van der Waals surface area contributed by atoms with E-state index in [-0.39, 0.29) is 5.56 Å². The molecule has 0 saturated carbocycles. The first-order chi connectivity index (χ1) is 6.24. The summed E-state index contributed by atoms with van der Waals surface area (Å²) < 4.78 is 5.12. The molecule has 0 heterocycles. The lowest BCUT2D eigenvalue weighted by Gasteiger charge is -1.99. The van der Waals surface area contributed by atoms with Crippen LogP contribution in [-0.2, 0) is 0 Å². The lowest BCUT2D eigenvalue weighted by molar-refractivity contribution is 0.0697. The summed E-state index contributed by atoms with van der Waals surface area (Å²) in [6.07, 6.45) is 3.29. The van der Waals surface area contributed by atoms with E-state index in [1.807, 2.05) is 6.92 Å². The number of carboxylic acids is 1. The largest absolute Gasteiger partial charge is 0.478 e. The summed E-state index contributed by atoms with van der Waals surface area (Å²) in [6.45, 7) is 1.84. The summed E-state index contributed by atoms with van der Waals surface area (Å²) >= 11 is 0. The predicted molar refractivity (Wildman–Crippen MR) is 48.8 cm³/mol. The molecule has 0 bridgehead atoms. The molecule has 0 radical (unpaired) electrons. The van der Waals surface area contributed by atoms with Crippen molar-refractivity contribution in [1.29, 1.82) is 0 Å². The van der Waals surface area contributed by atoms with Crippen LogP contribution in [0.3, 0.4) is 0 Å². The van der Waals surface area contributed by atoms with Crippen LogP contribution in [0.15, 0.2) is 36.6 Å². The molecule has 0 aliphatic heterocycles. The number of carbonyl (C=O) groups is 1. The van der Waals surface area contributed by atoms with Gasteiger partial charge in [0.05, 0.1) is 11.8 Å². The Morgan fingerprint density at radius 3 is 2.46 bits per heavy atom. The van der Waals surface area contributed by atoms with Gasteiger partial charge in [-0.25, -0.2) is 4.79 Å². The van der Waals surface area contributed by atoms with Crippen molar-refractivity contribution in [3.8, 4) is 5.75 Å². The maximum atomic E-state index is 10.5. The van der Waals surface area contributed by atoms with Crippen LogP contribution in [0.5, 0.6) is 5.75 Å². The summed E-state index contributed by atoms with van der Waals surface area (Å²) in [7, 11) is 0. The number of benzene rings is 1. The summed E-state index contributed by atoms with van der Waals surface area (Å²) in [5, 5.41) is 8.60. The number of aromatic carboxylic acids is 1. The summed E-state index contributed by atoms with van der Waals surface area (Å²) in [6, 6.07) is 6.23. The lowest BCUT2D eigenvalue weighted by Crippen LogP contribution is -1.94. The molecule has 0 spiro atoms. The van der Waals surface area contributed by atoms with E-state index in [1.54, 1.807) is 18.2 Å². The molecule has 0 aliphatic rings. The molecule has 0 unspecified atom stereocenters. The van der Waals surface area contributed by atoms with Gasteiger partial charge < -0.3 is 9.84 Å². The minimum absolute atomic E-state index is 0.257. The minimum atomic E-state index is -0.933. The van der Waals surface area contributed by atoms with Crippen molar-refractivity contribution >= 4 is 5.97 Å². The van der Waals surface area contributed by atoms with Crippen LogP contribution in [0, 0.1) is 0 Å². The normalized spacial score (nSPS) is 10.2. The van der Waals surface area contributed by atoms with Crippen LogP contribution in [-0.4, -0.2) is 11.1 Å². The molecule has 0 saturated heterocycles. The van der Waals surface area contributed by atoms with Crippen molar-refractivity contribution in [1.82, 2.24) is 0 Å². The van der Waals surface area contributed by atoms with Gasteiger partial charge in [0.15, 0.2) is 0 Å². The highest BCUT2D eigenvalue weighted by atomic mass is 16.5. The van der Waals surface area contributed by atoms with Gasteiger partial charge in [-0.05, 0) is 31.2 Å². The first kappa shape index (κ1) is 9.32. The van der Waals surface area contributed by atoms with E-state index in [2.05, 4.69) is 0 Å². The molecule has 1 aromatic rings. The molecule has 1 N–H and O–H groups in total. The Hall–Kier alpha value is -1.77. The van der Waals surface area contributed by atoms with Crippen molar-refractivity contribution in [2.24, 2.45) is 0 Å². The van der Waals surface area contributed by atoms with Crippen LogP contribution >= 0.6 is 0 Å². The molecular formula is C10H10O3. The molecule has 3 heteroatoms. The van der Waals surface area contributed by atoms with Gasteiger partial charge in [0, 0.05) is 0 Å². The van der Waals surface area contributed by atoms with E-state index in [1.165, 1.54) is 18.4 Å². The third kappa shape index (κ3) is 2.63. The number of carboxylic acid groups (broad SMARTS) is 1. The van der Waals surface area contributed by atoms with Crippen LogP contribution in [0.25, 0.3) is 0 Å². The molecule has 1 aromatic carbocycles. The van der Waals surface area contributed by atoms with Gasteiger partial charge in [0.25, 0.3) is 0 Å². The average molecular weight is 178 g/mol. The smallest absolute Gasteiger partial charge is 0.335 e. The van der Waals surface area contributed by atoms with E-state index < -0.39 is 5.97 Å². The Morgan fingerprint density at radius 2 is 2.00 bits per heavy atom. The number of rotatable bonds is 3. The summed E-state index contributed by atoms with van der Waals surface area (Å²) in [5.41, 5.74) is 0.257. The third-order valence-corrected chi connectivity index (χ3v) is 1.44. The van der Waals surface area contributed by atoms with E-state index in [0.29, 0.717) is 5.75 Å².